The van der Waals surface area contributed by atoms with E-state index in [9.17, 15) is 50.1 Å². The van der Waals surface area contributed by atoms with Crippen molar-refractivity contribution in [3.8, 4) is 0 Å². The van der Waals surface area contributed by atoms with Gasteiger partial charge in [0.15, 0.2) is 12.1 Å². The highest BCUT2D eigenvalue weighted by molar-refractivity contribution is 5.98. The molecule has 2 saturated carbocycles. The molecule has 278 valence electrons. The van der Waals surface area contributed by atoms with Crippen molar-refractivity contribution >= 4 is 17.7 Å². The van der Waals surface area contributed by atoms with Crippen LogP contribution in [0.3, 0.4) is 0 Å². The van der Waals surface area contributed by atoms with Gasteiger partial charge in [-0.15, -0.1) is 0 Å². The zero-order chi connectivity index (χ0) is 36.6. The molecule has 0 aromatic carbocycles. The van der Waals surface area contributed by atoms with Crippen LogP contribution in [0.5, 0.6) is 0 Å². The van der Waals surface area contributed by atoms with Crippen molar-refractivity contribution in [2.45, 2.75) is 126 Å². The summed E-state index contributed by atoms with van der Waals surface area (Å²) in [5.74, 6) is -2.27. The predicted molar refractivity (Wildman–Crippen MR) is 172 cm³/mol. The number of allylic oxidation sites excluding steroid dienone is 4. The third-order valence-corrected chi connectivity index (χ3v) is 13.4. The summed E-state index contributed by atoms with van der Waals surface area (Å²) in [6.45, 7) is 4.54. The molecule has 3 fully saturated rings. The minimum absolute atomic E-state index is 0.0218. The molecular weight excluding hydrogens is 656 g/mol. The summed E-state index contributed by atoms with van der Waals surface area (Å²) in [6, 6.07) is 0. The number of hydrogen-bond acceptors (Lipinski definition) is 14. The highest BCUT2D eigenvalue weighted by Crippen LogP contribution is 2.70. The first-order valence-corrected chi connectivity index (χ1v) is 17.4. The average molecular weight is 707 g/mol. The Morgan fingerprint density at radius 1 is 1.08 bits per heavy atom. The summed E-state index contributed by atoms with van der Waals surface area (Å²) < 4.78 is 22.5. The lowest BCUT2D eigenvalue weighted by molar-refractivity contribution is -0.300. The molecule has 6 aliphatic rings. The van der Waals surface area contributed by atoms with Gasteiger partial charge in [-0.05, 0) is 82.8 Å². The van der Waals surface area contributed by atoms with Crippen molar-refractivity contribution in [1.82, 2.24) is 0 Å². The van der Waals surface area contributed by atoms with Crippen molar-refractivity contribution < 1.29 is 69.1 Å². The van der Waals surface area contributed by atoms with Crippen LogP contribution in [0.4, 0.5) is 0 Å². The van der Waals surface area contributed by atoms with Crippen LogP contribution in [0.25, 0.3) is 0 Å². The van der Waals surface area contributed by atoms with Crippen molar-refractivity contribution in [1.29, 1.82) is 0 Å². The van der Waals surface area contributed by atoms with Crippen LogP contribution in [0.1, 0.15) is 72.6 Å². The SMILES string of the molecule is CC(=O)OC[C@]12CC[C@H]3[C@@H](CC=C4CC=CC(=O)[C@@]43C)[C@]1(O)CC[C@@]2(O)[C@@](C)(O)[C@H]1CC(CO[C@@H]2O[C@H](CO)[C@@H](O)[C@H](O)[C@H]2O)=C(C)C(=O)O1. The third kappa shape index (κ3) is 5.20. The lowest BCUT2D eigenvalue weighted by atomic mass is 9.44. The zero-order valence-electron chi connectivity index (χ0n) is 28.9. The van der Waals surface area contributed by atoms with Gasteiger partial charge in [-0.3, -0.25) is 9.59 Å². The summed E-state index contributed by atoms with van der Waals surface area (Å²) in [4.78, 5) is 38.9. The monoisotopic (exact) mass is 706 g/mol. The fourth-order valence-electron chi connectivity index (χ4n) is 10.2. The van der Waals surface area contributed by atoms with Crippen molar-refractivity contribution in [2.24, 2.45) is 22.7 Å². The molecule has 1 saturated heterocycles. The van der Waals surface area contributed by atoms with Gasteiger partial charge in [0, 0.05) is 18.9 Å². The van der Waals surface area contributed by atoms with E-state index < -0.39 is 95.5 Å². The Balaban J connectivity index is 1.30. The first kappa shape index (κ1) is 37.2. The molecule has 0 bridgehead atoms. The number of cyclic esters (lactones) is 1. The molecule has 0 aromatic rings. The van der Waals surface area contributed by atoms with Crippen LogP contribution in [0.15, 0.2) is 34.9 Å². The Kier molecular flexibility index (Phi) is 9.57. The van der Waals surface area contributed by atoms with E-state index in [0.717, 1.165) is 5.57 Å². The molecule has 4 aliphatic carbocycles. The molecule has 2 aliphatic heterocycles. The maximum Gasteiger partial charge on any atom is 0.334 e. The second-order valence-corrected chi connectivity index (χ2v) is 15.5. The zero-order valence-corrected chi connectivity index (χ0v) is 28.9. The summed E-state index contributed by atoms with van der Waals surface area (Å²) in [5, 5.41) is 78.6. The molecule has 13 atom stereocenters. The summed E-state index contributed by atoms with van der Waals surface area (Å²) in [6.07, 6.45) is -2.26. The molecule has 6 rings (SSSR count). The van der Waals surface area contributed by atoms with Crippen LogP contribution >= 0.6 is 0 Å². The number of rotatable bonds is 8. The van der Waals surface area contributed by atoms with E-state index >= 15 is 0 Å². The van der Waals surface area contributed by atoms with Gasteiger partial charge in [-0.1, -0.05) is 17.7 Å². The normalized spacial score (nSPS) is 45.5. The van der Waals surface area contributed by atoms with Gasteiger partial charge >= 0.3 is 11.9 Å². The van der Waals surface area contributed by atoms with E-state index in [4.69, 9.17) is 18.9 Å². The second kappa shape index (κ2) is 12.8. The van der Waals surface area contributed by atoms with Crippen LogP contribution in [0.2, 0.25) is 0 Å². The number of carbonyl (C=O) groups excluding carboxylic acids is 3. The lowest BCUT2D eigenvalue weighted by Gasteiger charge is -2.63. The summed E-state index contributed by atoms with van der Waals surface area (Å²) >= 11 is 0. The molecule has 0 unspecified atom stereocenters. The summed E-state index contributed by atoms with van der Waals surface area (Å²) in [7, 11) is 0. The van der Waals surface area contributed by atoms with Crippen LogP contribution < -0.4 is 0 Å². The van der Waals surface area contributed by atoms with Gasteiger partial charge in [0.05, 0.1) is 29.6 Å². The number of esters is 2. The van der Waals surface area contributed by atoms with Crippen LogP contribution in [-0.4, -0.2) is 127 Å². The quantitative estimate of drug-likeness (QED) is 0.129. The van der Waals surface area contributed by atoms with Gasteiger partial charge in [-0.2, -0.15) is 0 Å². The lowest BCUT2D eigenvalue weighted by Crippen LogP contribution is -2.74. The minimum Gasteiger partial charge on any atom is -0.465 e. The Bertz CT molecular complexity index is 1500. The number of hydrogen-bond donors (Lipinski definition) is 7. The number of aliphatic hydroxyl groups is 7. The molecule has 7 N–H and O–H groups in total. The molecule has 14 heteroatoms. The Morgan fingerprint density at radius 2 is 1.80 bits per heavy atom. The first-order valence-electron chi connectivity index (χ1n) is 17.4. The maximum absolute atomic E-state index is 13.4. The Labute approximate surface area is 290 Å². The van der Waals surface area contributed by atoms with Gasteiger partial charge in [0.25, 0.3) is 0 Å². The van der Waals surface area contributed by atoms with Gasteiger partial charge in [-0.25, -0.2) is 4.79 Å². The number of ketones is 1. The van der Waals surface area contributed by atoms with E-state index in [2.05, 4.69) is 0 Å². The molecule has 0 amide bonds. The van der Waals surface area contributed by atoms with Crippen LogP contribution in [-0.2, 0) is 33.3 Å². The second-order valence-electron chi connectivity index (χ2n) is 15.5. The largest absolute Gasteiger partial charge is 0.465 e. The fourth-order valence-corrected chi connectivity index (χ4v) is 10.2. The fraction of sp³-hybridized carbons (Fsp3) is 0.750. The molecule has 2 heterocycles. The van der Waals surface area contributed by atoms with E-state index in [1.807, 2.05) is 19.1 Å². The van der Waals surface area contributed by atoms with Crippen molar-refractivity contribution in [2.75, 3.05) is 19.8 Å². The number of aliphatic hydroxyl groups excluding tert-OH is 4. The standard InChI is InChI=1S/C36H50O14/c1-18-20(16-47-31-29(42)28(41)27(40)24(15-37)49-31)14-26(50-30(18)43)33(4,44)36(46)13-12-35(45)23-9-8-21-6-5-7-25(39)32(21,3)22(23)10-11-34(35,36)17-48-19(2)38/h5,7-8,22-24,26-29,31,37,40-42,44-46H,6,9-17H2,1-4H3/t22-,23+,24+,26+,27+,28-,29+,31+,32-,33-,34+,35+,36+/m0/s1. The number of ether oxygens (including phenoxy) is 4. The van der Waals surface area contributed by atoms with Gasteiger partial charge < -0.3 is 54.7 Å². The van der Waals surface area contributed by atoms with Gasteiger partial charge in [0.1, 0.15) is 48.3 Å². The Morgan fingerprint density at radius 3 is 2.48 bits per heavy atom. The van der Waals surface area contributed by atoms with Crippen molar-refractivity contribution in [3.05, 3.63) is 34.9 Å². The molecule has 0 aromatic heterocycles. The number of fused-ring (bicyclic) bond motifs is 5. The summed E-state index contributed by atoms with van der Waals surface area (Å²) in [5.41, 5.74) is -7.04. The number of carbonyl (C=O) groups is 3. The van der Waals surface area contributed by atoms with E-state index in [-0.39, 0.29) is 49.6 Å². The predicted octanol–water partition coefficient (Wildman–Crippen LogP) is -0.117. The Hall–Kier alpha value is -2.53. The van der Waals surface area contributed by atoms with E-state index in [1.165, 1.54) is 20.8 Å². The van der Waals surface area contributed by atoms with E-state index in [0.29, 0.717) is 24.8 Å². The topological polar surface area (TPSA) is 230 Å². The highest BCUT2D eigenvalue weighted by Gasteiger charge is 2.78. The molecular formula is C36H50O14. The molecule has 14 nitrogen and oxygen atoms in total. The maximum atomic E-state index is 13.4. The van der Waals surface area contributed by atoms with Gasteiger partial charge in [0.2, 0.25) is 0 Å². The molecule has 50 heavy (non-hydrogen) atoms. The van der Waals surface area contributed by atoms with Crippen LogP contribution in [0, 0.1) is 22.7 Å². The van der Waals surface area contributed by atoms with Crippen molar-refractivity contribution in [3.63, 3.8) is 0 Å². The highest BCUT2D eigenvalue weighted by atomic mass is 16.7. The minimum atomic E-state index is -2.22. The smallest absolute Gasteiger partial charge is 0.334 e. The molecule has 0 radical (unpaired) electrons. The average Bonchev–Trinajstić information content (AvgIpc) is 3.32. The first-order chi connectivity index (χ1) is 23.4. The van der Waals surface area contributed by atoms with E-state index in [1.54, 1.807) is 6.08 Å². The molecule has 0 spiro atoms. The third-order valence-electron chi connectivity index (χ3n) is 13.4.